The summed E-state index contributed by atoms with van der Waals surface area (Å²) in [6, 6.07) is 8.90. The zero-order valence-corrected chi connectivity index (χ0v) is 21.9. The third-order valence-electron chi connectivity index (χ3n) is 5.30. The first kappa shape index (κ1) is 28.2. The number of nitrogens with zero attached hydrogens (tertiary/aromatic N) is 4. The maximum absolute atomic E-state index is 14.6. The fourth-order valence-electron chi connectivity index (χ4n) is 3.30. The van der Waals surface area contributed by atoms with Crippen molar-refractivity contribution in [1.29, 1.82) is 0 Å². The van der Waals surface area contributed by atoms with Crippen molar-refractivity contribution >= 4 is 34.3 Å². The molecule has 0 aliphatic heterocycles. The van der Waals surface area contributed by atoms with Gasteiger partial charge in [0, 0.05) is 37.2 Å². The summed E-state index contributed by atoms with van der Waals surface area (Å²) >= 11 is 0. The minimum absolute atomic E-state index is 0.0560. The van der Waals surface area contributed by atoms with Gasteiger partial charge in [0.25, 0.3) is 5.69 Å². The van der Waals surface area contributed by atoms with Crippen LogP contribution >= 0.6 is 0 Å². The number of methoxy groups -OCH3 is 1. The van der Waals surface area contributed by atoms with E-state index in [-0.39, 0.29) is 53.2 Å². The average Bonchev–Trinajstić information content (AvgIpc) is 3.28. The van der Waals surface area contributed by atoms with E-state index in [9.17, 15) is 23.7 Å². The molecule has 12 nitrogen and oxygen atoms in total. The van der Waals surface area contributed by atoms with E-state index in [1.807, 2.05) is 0 Å². The Bertz CT molecular complexity index is 1550. The molecule has 4 rings (SSSR count). The smallest absolute Gasteiger partial charge is 0.338 e. The highest BCUT2D eigenvalue weighted by Gasteiger charge is 2.26. The Morgan fingerprint density at radius 2 is 1.82 bits per heavy atom. The SMILES string of the molecule is COCCOc1c(F)cc(Nc2nc(Oc3cccc([N+](=O)[O-])c3)c3ccn(OC(=O)C(C)(C)C)c3n2)cc1F. The predicted octanol–water partition coefficient (Wildman–Crippen LogP) is 5.18. The number of anilines is 2. The maximum atomic E-state index is 14.6. The van der Waals surface area contributed by atoms with Crippen LogP contribution in [0.1, 0.15) is 20.8 Å². The zero-order chi connectivity index (χ0) is 29.0. The van der Waals surface area contributed by atoms with Crippen LogP contribution in [0.3, 0.4) is 0 Å². The lowest BCUT2D eigenvalue weighted by Crippen LogP contribution is -2.31. The van der Waals surface area contributed by atoms with Crippen LogP contribution in [0.15, 0.2) is 48.7 Å². The third kappa shape index (κ3) is 6.40. The lowest BCUT2D eigenvalue weighted by atomic mass is 9.98. The van der Waals surface area contributed by atoms with Crippen molar-refractivity contribution in [1.82, 2.24) is 14.7 Å². The number of aromatic nitrogens is 3. The number of fused-ring (bicyclic) bond motifs is 1. The van der Waals surface area contributed by atoms with E-state index in [1.165, 1.54) is 43.6 Å². The first-order valence-corrected chi connectivity index (χ1v) is 11.9. The summed E-state index contributed by atoms with van der Waals surface area (Å²) in [6.45, 7) is 5.10. The molecule has 0 saturated carbocycles. The monoisotopic (exact) mass is 557 g/mol. The summed E-state index contributed by atoms with van der Waals surface area (Å²) in [5.74, 6) is -3.24. The summed E-state index contributed by atoms with van der Waals surface area (Å²) in [4.78, 5) is 37.2. The number of ether oxygens (including phenoxy) is 3. The standard InChI is InChI=1S/C26H25F2N5O7/c1-26(2,3)24(34)40-32-9-8-18-22(32)30-25(31-23(18)39-17-7-5-6-16(14-17)33(35)36)29-15-12-19(27)21(20(28)13-15)38-11-10-37-4/h5-9,12-14H,10-11H2,1-4H3,(H,29,30,31). The van der Waals surface area contributed by atoms with Crippen LogP contribution in [-0.2, 0) is 9.53 Å². The molecule has 0 bridgehead atoms. The van der Waals surface area contributed by atoms with E-state index in [2.05, 4.69) is 15.3 Å². The van der Waals surface area contributed by atoms with Gasteiger partial charge in [-0.2, -0.15) is 14.7 Å². The molecule has 40 heavy (non-hydrogen) atoms. The number of nitro benzene ring substituents is 1. The lowest BCUT2D eigenvalue weighted by molar-refractivity contribution is -0.384. The lowest BCUT2D eigenvalue weighted by Gasteiger charge is -2.17. The van der Waals surface area contributed by atoms with Gasteiger partial charge in [-0.3, -0.25) is 10.1 Å². The van der Waals surface area contributed by atoms with Crippen molar-refractivity contribution in [3.8, 4) is 17.4 Å². The quantitative estimate of drug-likeness (QED) is 0.158. The van der Waals surface area contributed by atoms with E-state index >= 15 is 0 Å². The third-order valence-corrected chi connectivity index (χ3v) is 5.30. The molecule has 2 aromatic heterocycles. The molecule has 0 aliphatic rings. The van der Waals surface area contributed by atoms with E-state index in [4.69, 9.17) is 19.0 Å². The maximum Gasteiger partial charge on any atom is 0.338 e. The molecular formula is C26H25F2N5O7. The van der Waals surface area contributed by atoms with Crippen LogP contribution in [0.2, 0.25) is 0 Å². The van der Waals surface area contributed by atoms with Crippen LogP contribution < -0.4 is 19.6 Å². The van der Waals surface area contributed by atoms with Crippen LogP contribution in [0.5, 0.6) is 17.4 Å². The summed E-state index contributed by atoms with van der Waals surface area (Å²) in [5.41, 5.74) is -1.03. The van der Waals surface area contributed by atoms with Gasteiger partial charge in [0.15, 0.2) is 23.0 Å². The fraction of sp³-hybridized carbons (Fsp3) is 0.269. The number of carbonyl (C=O) groups excluding carboxylic acids is 1. The number of benzene rings is 2. The second kappa shape index (κ2) is 11.5. The second-order valence-electron chi connectivity index (χ2n) is 9.45. The molecule has 0 spiro atoms. The Morgan fingerprint density at radius 1 is 1.10 bits per heavy atom. The van der Waals surface area contributed by atoms with Crippen molar-refractivity contribution in [2.24, 2.45) is 5.41 Å². The molecule has 0 radical (unpaired) electrons. The molecule has 0 fully saturated rings. The highest BCUT2D eigenvalue weighted by Crippen LogP contribution is 2.33. The Hall–Kier alpha value is -4.85. The zero-order valence-electron chi connectivity index (χ0n) is 21.9. The van der Waals surface area contributed by atoms with Gasteiger partial charge in [-0.15, -0.1) is 0 Å². The number of carbonyl (C=O) groups is 1. The van der Waals surface area contributed by atoms with Gasteiger partial charge < -0.3 is 24.4 Å². The van der Waals surface area contributed by atoms with Gasteiger partial charge in [-0.25, -0.2) is 13.6 Å². The largest absolute Gasteiger partial charge is 0.485 e. The van der Waals surface area contributed by atoms with Crippen LogP contribution in [0, 0.1) is 27.2 Å². The van der Waals surface area contributed by atoms with Crippen molar-refractivity contribution in [3.05, 3.63) is 70.4 Å². The van der Waals surface area contributed by atoms with E-state index in [0.717, 1.165) is 16.9 Å². The number of nitrogens with one attached hydrogen (secondary N) is 1. The summed E-state index contributed by atoms with van der Waals surface area (Å²) in [6.07, 6.45) is 1.42. The van der Waals surface area contributed by atoms with Gasteiger partial charge in [-0.1, -0.05) is 6.07 Å². The summed E-state index contributed by atoms with van der Waals surface area (Å²) in [5, 5.41) is 14.2. The first-order chi connectivity index (χ1) is 19.0. The number of hydrogen-bond donors (Lipinski definition) is 1. The molecule has 210 valence electrons. The minimum Gasteiger partial charge on any atom is -0.485 e. The molecule has 0 aliphatic carbocycles. The highest BCUT2D eigenvalue weighted by atomic mass is 19.1. The van der Waals surface area contributed by atoms with E-state index in [1.54, 1.807) is 20.8 Å². The van der Waals surface area contributed by atoms with Crippen molar-refractivity contribution in [2.45, 2.75) is 20.8 Å². The van der Waals surface area contributed by atoms with E-state index < -0.39 is 33.7 Å². The molecule has 0 saturated heterocycles. The summed E-state index contributed by atoms with van der Waals surface area (Å²) in [7, 11) is 1.43. The van der Waals surface area contributed by atoms with Crippen molar-refractivity contribution < 1.29 is 37.5 Å². The number of hydrogen-bond acceptors (Lipinski definition) is 10. The predicted molar refractivity (Wildman–Crippen MR) is 139 cm³/mol. The Morgan fingerprint density at radius 3 is 2.48 bits per heavy atom. The van der Waals surface area contributed by atoms with Gasteiger partial charge in [0.05, 0.1) is 28.4 Å². The van der Waals surface area contributed by atoms with Gasteiger partial charge in [0.2, 0.25) is 11.8 Å². The highest BCUT2D eigenvalue weighted by molar-refractivity contribution is 5.84. The molecule has 2 heterocycles. The molecule has 14 heteroatoms. The van der Waals surface area contributed by atoms with Gasteiger partial charge >= 0.3 is 5.97 Å². The molecular weight excluding hydrogens is 532 g/mol. The molecule has 1 N–H and O–H groups in total. The first-order valence-electron chi connectivity index (χ1n) is 11.9. The molecule has 0 amide bonds. The second-order valence-corrected chi connectivity index (χ2v) is 9.45. The molecule has 4 aromatic rings. The molecule has 2 aromatic carbocycles. The van der Waals surface area contributed by atoms with Crippen LogP contribution in [0.25, 0.3) is 11.0 Å². The van der Waals surface area contributed by atoms with Gasteiger partial charge in [0.1, 0.15) is 12.4 Å². The number of halogens is 2. The Balaban J connectivity index is 1.74. The molecule has 0 unspecified atom stereocenters. The Labute approximate surface area is 226 Å². The average molecular weight is 558 g/mol. The summed E-state index contributed by atoms with van der Waals surface area (Å²) < 4.78 is 46.1. The van der Waals surface area contributed by atoms with Crippen molar-refractivity contribution in [2.75, 3.05) is 25.6 Å². The minimum atomic E-state index is -0.977. The number of non-ortho nitro benzene ring substituents is 1. The number of nitro groups is 1. The molecule has 0 atom stereocenters. The number of rotatable bonds is 10. The van der Waals surface area contributed by atoms with Gasteiger partial charge in [-0.05, 0) is 32.9 Å². The normalized spacial score (nSPS) is 11.3. The topological polar surface area (TPSA) is 140 Å². The van der Waals surface area contributed by atoms with Crippen LogP contribution in [-0.4, -0.2) is 45.9 Å². The van der Waals surface area contributed by atoms with Crippen LogP contribution in [0.4, 0.5) is 26.1 Å². The fourth-order valence-corrected chi connectivity index (χ4v) is 3.30. The Kier molecular flexibility index (Phi) is 8.09. The van der Waals surface area contributed by atoms with Crippen molar-refractivity contribution in [3.63, 3.8) is 0 Å². The van der Waals surface area contributed by atoms with E-state index in [0.29, 0.717) is 0 Å².